The van der Waals surface area contributed by atoms with Crippen LogP contribution in [0.25, 0.3) is 0 Å². The minimum absolute atomic E-state index is 0.0964. The Labute approximate surface area is 104 Å². The quantitative estimate of drug-likeness (QED) is 0.807. The molecule has 0 aromatic carbocycles. The average Bonchev–Trinajstić information content (AvgIpc) is 2.25. The van der Waals surface area contributed by atoms with Gasteiger partial charge in [-0.1, -0.05) is 22.5 Å². The molecule has 1 aliphatic heterocycles. The average molecular weight is 293 g/mol. The van der Waals surface area contributed by atoms with E-state index in [-0.39, 0.29) is 5.91 Å². The molecule has 1 heterocycles. The third kappa shape index (κ3) is 6.22. The first-order chi connectivity index (χ1) is 7.18. The van der Waals surface area contributed by atoms with Gasteiger partial charge in [0.1, 0.15) is 0 Å². The lowest BCUT2D eigenvalue weighted by Crippen LogP contribution is -2.31. The van der Waals surface area contributed by atoms with E-state index in [1.54, 1.807) is 11.8 Å². The summed E-state index contributed by atoms with van der Waals surface area (Å²) >= 11 is 4.97. The molecule has 5 heteroatoms. The van der Waals surface area contributed by atoms with Gasteiger partial charge in [0.2, 0.25) is 5.91 Å². The summed E-state index contributed by atoms with van der Waals surface area (Å²) < 4.78 is 0.808. The summed E-state index contributed by atoms with van der Waals surface area (Å²) in [5, 5.41) is 6.75. The molecule has 86 valence electrons. The van der Waals surface area contributed by atoms with E-state index < -0.39 is 0 Å². The standard InChI is InChI=1S/C10H17BrN2OS/c1-8(11)6-13-10(14)7-15-9-2-4-12-5-3-9/h9,12H,1-7H2,(H,13,14). The minimum Gasteiger partial charge on any atom is -0.351 e. The van der Waals surface area contributed by atoms with Gasteiger partial charge in [-0.25, -0.2) is 0 Å². The molecule has 0 spiro atoms. The summed E-state index contributed by atoms with van der Waals surface area (Å²) in [6.45, 7) is 6.35. The Morgan fingerprint density at radius 3 is 2.80 bits per heavy atom. The molecule has 2 N–H and O–H groups in total. The number of carbonyl (C=O) groups is 1. The van der Waals surface area contributed by atoms with Gasteiger partial charge in [-0.15, -0.1) is 11.8 Å². The second kappa shape index (κ2) is 7.30. The van der Waals surface area contributed by atoms with Gasteiger partial charge in [-0.2, -0.15) is 0 Å². The van der Waals surface area contributed by atoms with Gasteiger partial charge in [-0.05, 0) is 25.9 Å². The zero-order chi connectivity index (χ0) is 11.1. The van der Waals surface area contributed by atoms with Gasteiger partial charge in [0.05, 0.1) is 5.75 Å². The van der Waals surface area contributed by atoms with Gasteiger partial charge in [0.15, 0.2) is 0 Å². The van der Waals surface area contributed by atoms with Crippen LogP contribution in [-0.4, -0.2) is 36.5 Å². The van der Waals surface area contributed by atoms with Gasteiger partial charge in [-0.3, -0.25) is 4.79 Å². The molecule has 15 heavy (non-hydrogen) atoms. The van der Waals surface area contributed by atoms with Crippen molar-refractivity contribution < 1.29 is 4.79 Å². The van der Waals surface area contributed by atoms with Crippen LogP contribution in [0.3, 0.4) is 0 Å². The van der Waals surface area contributed by atoms with Crippen molar-refractivity contribution in [1.29, 1.82) is 0 Å². The summed E-state index contributed by atoms with van der Waals surface area (Å²) in [4.78, 5) is 11.4. The van der Waals surface area contributed by atoms with E-state index in [0.29, 0.717) is 17.5 Å². The number of halogens is 1. The highest BCUT2D eigenvalue weighted by Gasteiger charge is 2.14. The van der Waals surface area contributed by atoms with Crippen molar-refractivity contribution in [3.63, 3.8) is 0 Å². The zero-order valence-electron chi connectivity index (χ0n) is 8.72. The van der Waals surface area contributed by atoms with Gasteiger partial charge in [0.25, 0.3) is 0 Å². The number of thioether (sulfide) groups is 1. The summed E-state index contributed by atoms with van der Waals surface area (Å²) in [5.74, 6) is 0.657. The van der Waals surface area contributed by atoms with E-state index in [0.717, 1.165) is 17.6 Å². The fraction of sp³-hybridized carbons (Fsp3) is 0.700. The fourth-order valence-corrected chi connectivity index (χ4v) is 2.60. The number of carbonyl (C=O) groups excluding carboxylic acids is 1. The van der Waals surface area contributed by atoms with E-state index in [4.69, 9.17) is 0 Å². The van der Waals surface area contributed by atoms with Crippen molar-refractivity contribution in [3.05, 3.63) is 11.1 Å². The maximum absolute atomic E-state index is 11.4. The first kappa shape index (κ1) is 13.1. The van der Waals surface area contributed by atoms with Crippen molar-refractivity contribution in [1.82, 2.24) is 10.6 Å². The lowest BCUT2D eigenvalue weighted by molar-refractivity contribution is -0.118. The van der Waals surface area contributed by atoms with Crippen LogP contribution in [0.15, 0.2) is 11.1 Å². The number of amides is 1. The molecular weight excluding hydrogens is 276 g/mol. The smallest absolute Gasteiger partial charge is 0.230 e. The van der Waals surface area contributed by atoms with Crippen LogP contribution in [0.4, 0.5) is 0 Å². The van der Waals surface area contributed by atoms with Gasteiger partial charge in [0, 0.05) is 16.3 Å². The van der Waals surface area contributed by atoms with Crippen molar-refractivity contribution in [2.45, 2.75) is 18.1 Å². The van der Waals surface area contributed by atoms with Crippen LogP contribution in [0.5, 0.6) is 0 Å². The molecule has 1 fully saturated rings. The molecule has 3 nitrogen and oxygen atoms in total. The van der Waals surface area contributed by atoms with E-state index in [2.05, 4.69) is 33.1 Å². The largest absolute Gasteiger partial charge is 0.351 e. The number of nitrogens with one attached hydrogen (secondary N) is 2. The van der Waals surface area contributed by atoms with E-state index in [9.17, 15) is 4.79 Å². The molecule has 1 amide bonds. The second-order valence-corrected chi connectivity index (χ2v) is 5.96. The Morgan fingerprint density at radius 2 is 2.20 bits per heavy atom. The summed E-state index contributed by atoms with van der Waals surface area (Å²) in [5.41, 5.74) is 0. The summed E-state index contributed by atoms with van der Waals surface area (Å²) in [7, 11) is 0. The molecule has 0 unspecified atom stereocenters. The van der Waals surface area contributed by atoms with Crippen molar-refractivity contribution in [3.8, 4) is 0 Å². The summed E-state index contributed by atoms with van der Waals surface area (Å²) in [6.07, 6.45) is 2.34. The van der Waals surface area contributed by atoms with Crippen molar-refractivity contribution in [2.24, 2.45) is 0 Å². The first-order valence-electron chi connectivity index (χ1n) is 5.11. The third-order valence-electron chi connectivity index (χ3n) is 2.21. The van der Waals surface area contributed by atoms with Gasteiger partial charge < -0.3 is 10.6 Å². The monoisotopic (exact) mass is 292 g/mol. The molecule has 0 radical (unpaired) electrons. The number of piperidine rings is 1. The topological polar surface area (TPSA) is 41.1 Å². The van der Waals surface area contributed by atoms with Crippen molar-refractivity contribution >= 4 is 33.6 Å². The fourth-order valence-electron chi connectivity index (χ4n) is 1.40. The molecule has 1 aliphatic rings. The van der Waals surface area contributed by atoms with E-state index in [1.165, 1.54) is 12.8 Å². The second-order valence-electron chi connectivity index (χ2n) is 3.55. The SMILES string of the molecule is C=C(Br)CNC(=O)CSC1CCNCC1. The van der Waals surface area contributed by atoms with E-state index >= 15 is 0 Å². The number of hydrogen-bond donors (Lipinski definition) is 2. The van der Waals surface area contributed by atoms with Crippen LogP contribution in [0, 0.1) is 0 Å². The Bertz CT molecular complexity index is 229. The van der Waals surface area contributed by atoms with Crippen LogP contribution < -0.4 is 10.6 Å². The first-order valence-corrected chi connectivity index (χ1v) is 6.95. The molecule has 0 aromatic heterocycles. The van der Waals surface area contributed by atoms with Gasteiger partial charge >= 0.3 is 0 Å². The molecule has 0 aromatic rings. The molecule has 1 rings (SSSR count). The predicted octanol–water partition coefficient (Wildman–Crippen LogP) is 1.50. The van der Waals surface area contributed by atoms with Crippen LogP contribution in [0.2, 0.25) is 0 Å². The Hall–Kier alpha value is -0.0000000000000000763. The molecular formula is C10H17BrN2OS. The highest BCUT2D eigenvalue weighted by molar-refractivity contribution is 9.11. The Kier molecular flexibility index (Phi) is 6.36. The Morgan fingerprint density at radius 1 is 1.53 bits per heavy atom. The zero-order valence-corrected chi connectivity index (χ0v) is 11.1. The predicted molar refractivity (Wildman–Crippen MR) is 69.4 cm³/mol. The molecule has 0 saturated carbocycles. The van der Waals surface area contributed by atoms with Crippen molar-refractivity contribution in [2.75, 3.05) is 25.4 Å². The summed E-state index contributed by atoms with van der Waals surface area (Å²) in [6, 6.07) is 0. The molecule has 0 atom stereocenters. The highest BCUT2D eigenvalue weighted by Crippen LogP contribution is 2.19. The Balaban J connectivity index is 2.07. The maximum Gasteiger partial charge on any atom is 0.230 e. The minimum atomic E-state index is 0.0964. The molecule has 0 bridgehead atoms. The van der Waals surface area contributed by atoms with E-state index in [1.807, 2.05) is 0 Å². The lowest BCUT2D eigenvalue weighted by atomic mass is 10.2. The number of hydrogen-bond acceptors (Lipinski definition) is 3. The number of rotatable bonds is 5. The molecule has 0 aliphatic carbocycles. The van der Waals surface area contributed by atoms with Crippen LogP contribution in [0.1, 0.15) is 12.8 Å². The van der Waals surface area contributed by atoms with Crippen LogP contribution in [-0.2, 0) is 4.79 Å². The highest BCUT2D eigenvalue weighted by atomic mass is 79.9. The lowest BCUT2D eigenvalue weighted by Gasteiger charge is -2.21. The van der Waals surface area contributed by atoms with Crippen LogP contribution >= 0.6 is 27.7 Å². The maximum atomic E-state index is 11.4. The normalized spacial score (nSPS) is 17.4. The third-order valence-corrected chi connectivity index (χ3v) is 3.87. The molecule has 1 saturated heterocycles.